The number of morpholine rings is 1. The number of aromatic nitrogens is 1. The predicted molar refractivity (Wildman–Crippen MR) is 115 cm³/mol. The van der Waals surface area contributed by atoms with Crippen LogP contribution in [0.3, 0.4) is 0 Å². The fourth-order valence-corrected chi connectivity index (χ4v) is 3.88. The number of hydrogen-bond acceptors (Lipinski definition) is 3. The lowest BCUT2D eigenvalue weighted by molar-refractivity contribution is 0.0383. The SMILES string of the molecule is Cc1c(C(=O)NCCN2CCOCC2)cc(-c2ccccc2)n1-c1ccc(F)cc1F. The smallest absolute Gasteiger partial charge is 0.253 e. The predicted octanol–water partition coefficient (Wildman–Crippen LogP) is 3.79. The van der Waals surface area contributed by atoms with E-state index in [1.807, 2.05) is 30.3 Å². The van der Waals surface area contributed by atoms with Gasteiger partial charge in [0.25, 0.3) is 5.91 Å². The van der Waals surface area contributed by atoms with E-state index in [1.54, 1.807) is 17.6 Å². The minimum atomic E-state index is -0.685. The van der Waals surface area contributed by atoms with E-state index in [0.29, 0.717) is 36.7 Å². The standard InChI is InChI=1S/C24H25F2N3O2/c1-17-20(24(30)27-9-10-28-11-13-31-14-12-28)16-23(18-5-3-2-4-6-18)29(17)22-8-7-19(25)15-21(22)26/h2-8,15-16H,9-14H2,1H3,(H,27,30). The number of ether oxygens (including phenoxy) is 1. The van der Waals surface area contributed by atoms with E-state index in [2.05, 4.69) is 10.2 Å². The molecule has 1 saturated heterocycles. The van der Waals surface area contributed by atoms with E-state index in [1.165, 1.54) is 12.1 Å². The quantitative estimate of drug-likeness (QED) is 0.654. The molecule has 5 nitrogen and oxygen atoms in total. The average Bonchev–Trinajstić information content (AvgIpc) is 3.12. The molecule has 0 radical (unpaired) electrons. The molecule has 1 fully saturated rings. The monoisotopic (exact) mass is 425 g/mol. The Morgan fingerprint density at radius 1 is 1.06 bits per heavy atom. The number of nitrogens with zero attached hydrogens (tertiary/aromatic N) is 2. The molecular weight excluding hydrogens is 400 g/mol. The molecule has 1 aromatic heterocycles. The average molecular weight is 425 g/mol. The molecule has 31 heavy (non-hydrogen) atoms. The highest BCUT2D eigenvalue weighted by Gasteiger charge is 2.21. The second-order valence-corrected chi connectivity index (χ2v) is 7.54. The summed E-state index contributed by atoms with van der Waals surface area (Å²) >= 11 is 0. The maximum Gasteiger partial charge on any atom is 0.253 e. The highest BCUT2D eigenvalue weighted by molar-refractivity contribution is 5.97. The minimum Gasteiger partial charge on any atom is -0.379 e. The normalized spacial score (nSPS) is 14.5. The molecule has 0 bridgehead atoms. The van der Waals surface area contributed by atoms with Crippen LogP contribution >= 0.6 is 0 Å². The molecule has 0 saturated carbocycles. The van der Waals surface area contributed by atoms with Gasteiger partial charge in [0.2, 0.25) is 0 Å². The van der Waals surface area contributed by atoms with Crippen LogP contribution in [-0.2, 0) is 4.74 Å². The van der Waals surface area contributed by atoms with Crippen LogP contribution in [0.15, 0.2) is 54.6 Å². The van der Waals surface area contributed by atoms with Crippen molar-refractivity contribution in [2.24, 2.45) is 0 Å². The van der Waals surface area contributed by atoms with E-state index in [4.69, 9.17) is 4.74 Å². The largest absolute Gasteiger partial charge is 0.379 e. The summed E-state index contributed by atoms with van der Waals surface area (Å²) in [7, 11) is 0. The lowest BCUT2D eigenvalue weighted by Gasteiger charge is -2.26. The summed E-state index contributed by atoms with van der Waals surface area (Å²) in [5.41, 5.74) is 2.76. The molecule has 1 aliphatic heterocycles. The lowest BCUT2D eigenvalue weighted by Crippen LogP contribution is -2.41. The van der Waals surface area contributed by atoms with Gasteiger partial charge in [-0.2, -0.15) is 0 Å². The van der Waals surface area contributed by atoms with Crippen LogP contribution in [0, 0.1) is 18.6 Å². The van der Waals surface area contributed by atoms with Crippen molar-refractivity contribution in [1.29, 1.82) is 0 Å². The Kier molecular flexibility index (Phi) is 6.44. The van der Waals surface area contributed by atoms with E-state index >= 15 is 0 Å². The van der Waals surface area contributed by atoms with Crippen molar-refractivity contribution in [3.8, 4) is 16.9 Å². The van der Waals surface area contributed by atoms with Crippen LogP contribution in [0.1, 0.15) is 16.1 Å². The van der Waals surface area contributed by atoms with Crippen molar-refractivity contribution in [2.45, 2.75) is 6.92 Å². The van der Waals surface area contributed by atoms with Gasteiger partial charge < -0.3 is 14.6 Å². The molecule has 1 N–H and O–H groups in total. The highest BCUT2D eigenvalue weighted by atomic mass is 19.1. The summed E-state index contributed by atoms with van der Waals surface area (Å²) in [6.07, 6.45) is 0. The fraction of sp³-hybridized carbons (Fsp3) is 0.292. The topological polar surface area (TPSA) is 46.5 Å². The molecule has 3 aromatic rings. The van der Waals surface area contributed by atoms with Gasteiger partial charge in [-0.3, -0.25) is 9.69 Å². The van der Waals surface area contributed by atoms with Crippen LogP contribution in [-0.4, -0.2) is 54.8 Å². The molecule has 162 valence electrons. The molecule has 0 aliphatic carbocycles. The maximum atomic E-state index is 14.7. The molecule has 2 heterocycles. The van der Waals surface area contributed by atoms with Gasteiger partial charge in [0.05, 0.1) is 30.2 Å². The number of carbonyl (C=O) groups is 1. The highest BCUT2D eigenvalue weighted by Crippen LogP contribution is 2.30. The van der Waals surface area contributed by atoms with Gasteiger partial charge >= 0.3 is 0 Å². The van der Waals surface area contributed by atoms with E-state index in [-0.39, 0.29) is 11.6 Å². The van der Waals surface area contributed by atoms with E-state index in [9.17, 15) is 13.6 Å². The Morgan fingerprint density at radius 2 is 1.81 bits per heavy atom. The third-order valence-corrected chi connectivity index (χ3v) is 5.53. The Balaban J connectivity index is 1.64. The second-order valence-electron chi connectivity index (χ2n) is 7.54. The summed E-state index contributed by atoms with van der Waals surface area (Å²) in [4.78, 5) is 15.2. The molecule has 0 atom stereocenters. The summed E-state index contributed by atoms with van der Waals surface area (Å²) in [6.45, 7) is 6.15. The second kappa shape index (κ2) is 9.41. The number of rotatable bonds is 6. The summed E-state index contributed by atoms with van der Waals surface area (Å²) < 4.78 is 35.2. The zero-order chi connectivity index (χ0) is 21.8. The Bertz CT molecular complexity index is 1060. The maximum absolute atomic E-state index is 14.7. The van der Waals surface area contributed by atoms with Crippen molar-refractivity contribution in [3.05, 3.63) is 77.5 Å². The van der Waals surface area contributed by atoms with Crippen molar-refractivity contribution < 1.29 is 18.3 Å². The van der Waals surface area contributed by atoms with Crippen molar-refractivity contribution in [3.63, 3.8) is 0 Å². The summed E-state index contributed by atoms with van der Waals surface area (Å²) in [5.74, 6) is -1.55. The van der Waals surface area contributed by atoms with Crippen LogP contribution in [0.5, 0.6) is 0 Å². The van der Waals surface area contributed by atoms with Crippen LogP contribution in [0.25, 0.3) is 16.9 Å². The van der Waals surface area contributed by atoms with Crippen molar-refractivity contribution in [1.82, 2.24) is 14.8 Å². The number of amides is 1. The van der Waals surface area contributed by atoms with Crippen LogP contribution in [0.2, 0.25) is 0 Å². The van der Waals surface area contributed by atoms with Gasteiger partial charge in [-0.1, -0.05) is 30.3 Å². The van der Waals surface area contributed by atoms with Crippen molar-refractivity contribution in [2.75, 3.05) is 39.4 Å². The van der Waals surface area contributed by atoms with Gasteiger partial charge in [-0.25, -0.2) is 8.78 Å². The molecule has 0 unspecified atom stereocenters. The van der Waals surface area contributed by atoms with Gasteiger partial charge in [-0.15, -0.1) is 0 Å². The molecule has 7 heteroatoms. The van der Waals surface area contributed by atoms with Gasteiger partial charge in [0.1, 0.15) is 11.6 Å². The fourth-order valence-electron chi connectivity index (χ4n) is 3.88. The first-order valence-electron chi connectivity index (χ1n) is 10.4. The molecule has 1 aliphatic rings. The number of halogens is 2. The van der Waals surface area contributed by atoms with E-state index < -0.39 is 11.6 Å². The minimum absolute atomic E-state index is 0.199. The Labute approximate surface area is 180 Å². The zero-order valence-corrected chi connectivity index (χ0v) is 17.4. The summed E-state index contributed by atoms with van der Waals surface area (Å²) in [5, 5.41) is 2.97. The molecular formula is C24H25F2N3O2. The molecule has 2 aromatic carbocycles. The number of carbonyl (C=O) groups excluding carboxylic acids is 1. The molecule has 4 rings (SSSR count). The molecule has 0 spiro atoms. The first-order valence-corrected chi connectivity index (χ1v) is 10.4. The van der Waals surface area contributed by atoms with Gasteiger partial charge in [0, 0.05) is 37.9 Å². The van der Waals surface area contributed by atoms with Gasteiger partial charge in [-0.05, 0) is 30.7 Å². The number of hydrogen-bond donors (Lipinski definition) is 1. The van der Waals surface area contributed by atoms with Crippen LogP contribution < -0.4 is 5.32 Å². The number of nitrogens with one attached hydrogen (secondary N) is 1. The Hall–Kier alpha value is -3.03. The van der Waals surface area contributed by atoms with Crippen molar-refractivity contribution >= 4 is 5.91 Å². The first-order chi connectivity index (χ1) is 15.0. The summed E-state index contributed by atoms with van der Waals surface area (Å²) in [6, 6.07) is 14.7. The first kappa shape index (κ1) is 21.2. The third-order valence-electron chi connectivity index (χ3n) is 5.53. The molecule has 1 amide bonds. The van der Waals surface area contributed by atoms with Crippen LogP contribution in [0.4, 0.5) is 8.78 Å². The van der Waals surface area contributed by atoms with Gasteiger partial charge in [0.15, 0.2) is 0 Å². The number of benzene rings is 2. The van der Waals surface area contributed by atoms with E-state index in [0.717, 1.165) is 31.3 Å². The lowest BCUT2D eigenvalue weighted by atomic mass is 10.1. The zero-order valence-electron chi connectivity index (χ0n) is 17.4. The third kappa shape index (κ3) is 4.68. The Morgan fingerprint density at radius 3 is 2.52 bits per heavy atom.